The first-order chi connectivity index (χ1) is 7.22. The number of pyridine rings is 1. The van der Waals surface area contributed by atoms with Crippen molar-refractivity contribution < 1.29 is 9.53 Å². The van der Waals surface area contributed by atoms with Crippen molar-refractivity contribution in [3.8, 4) is 0 Å². The number of nitrogens with one attached hydrogen (secondary N) is 1. The van der Waals surface area contributed by atoms with Crippen LogP contribution >= 0.6 is 11.6 Å². The molecular formula is C10H9ClN2O2. The van der Waals surface area contributed by atoms with Crippen LogP contribution in [0.4, 0.5) is 0 Å². The number of fused-ring (bicyclic) bond motifs is 1. The Bertz CT molecular complexity index is 507. The predicted octanol–water partition coefficient (Wildman–Crippen LogP) is 1.93. The summed E-state index contributed by atoms with van der Waals surface area (Å²) in [5.74, 6) is -0.274. The van der Waals surface area contributed by atoms with E-state index in [1.54, 1.807) is 12.4 Å². The number of nitrogens with zero attached hydrogens (tertiary/aromatic N) is 1. The van der Waals surface area contributed by atoms with Gasteiger partial charge in [-0.25, -0.2) is 4.98 Å². The number of aromatic nitrogens is 2. The van der Waals surface area contributed by atoms with E-state index in [2.05, 4.69) is 14.7 Å². The first kappa shape index (κ1) is 9.98. The van der Waals surface area contributed by atoms with Crippen LogP contribution < -0.4 is 0 Å². The quantitative estimate of drug-likeness (QED) is 0.627. The molecular weight excluding hydrogens is 216 g/mol. The Kier molecular flexibility index (Phi) is 2.60. The first-order valence-corrected chi connectivity index (χ1v) is 4.77. The number of hydrogen-bond donors (Lipinski definition) is 1. The van der Waals surface area contributed by atoms with E-state index in [0.717, 1.165) is 16.5 Å². The molecule has 0 amide bonds. The fourth-order valence-corrected chi connectivity index (χ4v) is 1.66. The van der Waals surface area contributed by atoms with Crippen molar-refractivity contribution in [2.45, 2.75) is 6.42 Å². The Hall–Kier alpha value is -1.55. The molecule has 0 bridgehead atoms. The average Bonchev–Trinajstić information content (AvgIpc) is 2.63. The molecule has 0 aromatic carbocycles. The number of hydrogen-bond acceptors (Lipinski definition) is 3. The summed E-state index contributed by atoms with van der Waals surface area (Å²) in [5, 5.41) is 1.31. The van der Waals surface area contributed by atoms with E-state index >= 15 is 0 Å². The number of rotatable bonds is 2. The molecule has 0 aliphatic heterocycles. The summed E-state index contributed by atoms with van der Waals surface area (Å²) in [7, 11) is 1.37. The molecule has 5 heteroatoms. The number of halogens is 1. The zero-order valence-electron chi connectivity index (χ0n) is 8.08. The van der Waals surface area contributed by atoms with Crippen LogP contribution in [0.1, 0.15) is 5.56 Å². The molecule has 0 aliphatic rings. The fraction of sp³-hybridized carbons (Fsp3) is 0.200. The number of H-pyrrole nitrogens is 1. The lowest BCUT2D eigenvalue weighted by atomic mass is 10.1. The molecule has 2 rings (SSSR count). The summed E-state index contributed by atoms with van der Waals surface area (Å²) < 4.78 is 4.60. The molecule has 4 nitrogen and oxygen atoms in total. The largest absolute Gasteiger partial charge is 0.469 e. The smallest absolute Gasteiger partial charge is 0.310 e. The normalized spacial score (nSPS) is 10.5. The highest BCUT2D eigenvalue weighted by Gasteiger charge is 2.10. The molecule has 0 spiro atoms. The lowest BCUT2D eigenvalue weighted by molar-refractivity contribution is -0.139. The minimum atomic E-state index is -0.274. The van der Waals surface area contributed by atoms with E-state index in [4.69, 9.17) is 11.6 Å². The van der Waals surface area contributed by atoms with Gasteiger partial charge in [0.15, 0.2) is 5.15 Å². The van der Waals surface area contributed by atoms with Gasteiger partial charge in [0.25, 0.3) is 0 Å². The maximum atomic E-state index is 11.1. The molecule has 0 unspecified atom stereocenters. The van der Waals surface area contributed by atoms with Crippen molar-refractivity contribution >= 4 is 28.5 Å². The monoisotopic (exact) mass is 224 g/mol. The van der Waals surface area contributed by atoms with Crippen LogP contribution in [0.15, 0.2) is 18.5 Å². The standard InChI is InChI=1S/C10H9ClN2O2/c1-15-8(14)4-6-5-13-9-7(6)2-3-12-10(9)11/h2-3,5,13H,4H2,1H3. The van der Waals surface area contributed by atoms with Crippen LogP contribution in [0, 0.1) is 0 Å². The van der Waals surface area contributed by atoms with Crippen LogP contribution in [0.2, 0.25) is 5.15 Å². The van der Waals surface area contributed by atoms with Gasteiger partial charge in [-0.2, -0.15) is 0 Å². The van der Waals surface area contributed by atoms with Crippen molar-refractivity contribution in [2.24, 2.45) is 0 Å². The zero-order chi connectivity index (χ0) is 10.8. The fourth-order valence-electron chi connectivity index (χ4n) is 1.45. The Morgan fingerprint density at radius 3 is 3.20 bits per heavy atom. The summed E-state index contributed by atoms with van der Waals surface area (Å²) in [5.41, 5.74) is 1.61. The van der Waals surface area contributed by atoms with E-state index in [1.807, 2.05) is 6.07 Å². The average molecular weight is 225 g/mol. The molecule has 78 valence electrons. The summed E-state index contributed by atoms with van der Waals surface area (Å²) in [6, 6.07) is 1.82. The van der Waals surface area contributed by atoms with E-state index in [-0.39, 0.29) is 12.4 Å². The van der Waals surface area contributed by atoms with Gasteiger partial charge in [0.2, 0.25) is 0 Å². The zero-order valence-corrected chi connectivity index (χ0v) is 8.84. The Morgan fingerprint density at radius 2 is 2.47 bits per heavy atom. The van der Waals surface area contributed by atoms with Gasteiger partial charge in [-0.05, 0) is 11.6 Å². The Morgan fingerprint density at radius 1 is 1.67 bits per heavy atom. The van der Waals surface area contributed by atoms with Gasteiger partial charge in [0, 0.05) is 17.8 Å². The first-order valence-electron chi connectivity index (χ1n) is 4.39. The SMILES string of the molecule is COC(=O)Cc1c[nH]c2c(Cl)nccc12. The van der Waals surface area contributed by atoms with Crippen molar-refractivity contribution in [3.05, 3.63) is 29.2 Å². The molecule has 0 saturated heterocycles. The van der Waals surface area contributed by atoms with Gasteiger partial charge < -0.3 is 9.72 Å². The van der Waals surface area contributed by atoms with Crippen LogP contribution in [0.3, 0.4) is 0 Å². The Labute approximate surface area is 91.2 Å². The Balaban J connectivity index is 2.45. The summed E-state index contributed by atoms with van der Waals surface area (Å²) in [4.78, 5) is 18.0. The van der Waals surface area contributed by atoms with Gasteiger partial charge in [0.1, 0.15) is 0 Å². The maximum Gasteiger partial charge on any atom is 0.310 e. The summed E-state index contributed by atoms with van der Waals surface area (Å²) in [6.45, 7) is 0. The molecule has 1 N–H and O–H groups in total. The van der Waals surface area contributed by atoms with E-state index < -0.39 is 0 Å². The van der Waals surface area contributed by atoms with Crippen LogP contribution in [-0.2, 0) is 16.0 Å². The van der Waals surface area contributed by atoms with Gasteiger partial charge in [-0.15, -0.1) is 0 Å². The molecule has 2 aromatic heterocycles. The number of methoxy groups -OCH3 is 1. The third-order valence-corrected chi connectivity index (χ3v) is 2.49. The van der Waals surface area contributed by atoms with Crippen LogP contribution in [0.5, 0.6) is 0 Å². The number of aromatic amines is 1. The molecule has 0 fully saturated rings. The second-order valence-electron chi connectivity index (χ2n) is 3.09. The molecule has 0 radical (unpaired) electrons. The lowest BCUT2D eigenvalue weighted by Crippen LogP contribution is -2.03. The van der Waals surface area contributed by atoms with E-state index in [1.165, 1.54) is 7.11 Å². The van der Waals surface area contributed by atoms with Gasteiger partial charge in [0.05, 0.1) is 19.0 Å². The minimum absolute atomic E-state index is 0.233. The predicted molar refractivity (Wildman–Crippen MR) is 56.8 cm³/mol. The molecule has 0 saturated carbocycles. The maximum absolute atomic E-state index is 11.1. The number of carbonyl (C=O) groups excluding carboxylic acids is 1. The molecule has 2 aromatic rings. The highest BCUT2D eigenvalue weighted by molar-refractivity contribution is 6.33. The summed E-state index contributed by atoms with van der Waals surface area (Å²) in [6.07, 6.45) is 3.59. The minimum Gasteiger partial charge on any atom is -0.469 e. The van der Waals surface area contributed by atoms with E-state index in [9.17, 15) is 4.79 Å². The van der Waals surface area contributed by atoms with Crippen molar-refractivity contribution in [1.82, 2.24) is 9.97 Å². The van der Waals surface area contributed by atoms with Gasteiger partial charge in [-0.1, -0.05) is 11.6 Å². The van der Waals surface area contributed by atoms with Gasteiger partial charge in [-0.3, -0.25) is 4.79 Å². The highest BCUT2D eigenvalue weighted by Crippen LogP contribution is 2.23. The molecule has 0 aliphatic carbocycles. The molecule has 0 atom stereocenters. The third-order valence-electron chi connectivity index (χ3n) is 2.20. The number of esters is 1. The molecule has 2 heterocycles. The van der Waals surface area contributed by atoms with Crippen molar-refractivity contribution in [2.75, 3.05) is 7.11 Å². The summed E-state index contributed by atoms with van der Waals surface area (Å²) >= 11 is 5.88. The number of carbonyl (C=O) groups is 1. The highest BCUT2D eigenvalue weighted by atomic mass is 35.5. The van der Waals surface area contributed by atoms with E-state index in [0.29, 0.717) is 5.15 Å². The second-order valence-corrected chi connectivity index (χ2v) is 3.45. The van der Waals surface area contributed by atoms with Crippen LogP contribution in [-0.4, -0.2) is 23.0 Å². The third kappa shape index (κ3) is 1.80. The molecule has 15 heavy (non-hydrogen) atoms. The van der Waals surface area contributed by atoms with Gasteiger partial charge >= 0.3 is 5.97 Å². The van der Waals surface area contributed by atoms with Crippen molar-refractivity contribution in [1.29, 1.82) is 0 Å². The topological polar surface area (TPSA) is 55.0 Å². The van der Waals surface area contributed by atoms with Crippen molar-refractivity contribution in [3.63, 3.8) is 0 Å². The second kappa shape index (κ2) is 3.90. The number of ether oxygens (including phenoxy) is 1. The lowest BCUT2D eigenvalue weighted by Gasteiger charge is -1.97. The van der Waals surface area contributed by atoms with Crippen LogP contribution in [0.25, 0.3) is 10.9 Å².